The summed E-state index contributed by atoms with van der Waals surface area (Å²) in [4.78, 5) is 6.53. The number of guanidine groups is 1. The monoisotopic (exact) mass is 291 g/mol. The molecule has 1 spiro atoms. The Bertz CT molecular complexity index is 543. The normalized spacial score (nSPS) is 29.2. The first-order chi connectivity index (χ1) is 10.0. The van der Waals surface area contributed by atoms with Crippen molar-refractivity contribution in [3.8, 4) is 0 Å². The highest BCUT2D eigenvalue weighted by molar-refractivity contribution is 5.98. The summed E-state index contributed by atoms with van der Waals surface area (Å²) in [5.74, 6) is 0.736. The molecule has 1 fully saturated rings. The first-order valence-electron chi connectivity index (χ1n) is 7.49. The Hall–Kier alpha value is -1.62. The predicted octanol–water partition coefficient (Wildman–Crippen LogP) is 2.53. The van der Waals surface area contributed by atoms with E-state index in [1.807, 2.05) is 0 Å². The molecule has 2 aliphatic rings. The van der Waals surface area contributed by atoms with Crippen molar-refractivity contribution >= 4 is 11.6 Å². The van der Waals surface area contributed by atoms with Crippen molar-refractivity contribution < 1.29 is 9.13 Å². The van der Waals surface area contributed by atoms with Crippen molar-refractivity contribution in [2.24, 2.45) is 16.6 Å². The summed E-state index contributed by atoms with van der Waals surface area (Å²) >= 11 is 0. The van der Waals surface area contributed by atoms with E-state index in [-0.39, 0.29) is 17.5 Å². The molecule has 21 heavy (non-hydrogen) atoms. The van der Waals surface area contributed by atoms with Gasteiger partial charge >= 0.3 is 0 Å². The van der Waals surface area contributed by atoms with E-state index >= 15 is 0 Å². The van der Waals surface area contributed by atoms with Crippen molar-refractivity contribution in [2.45, 2.75) is 38.3 Å². The standard InChI is InChI=1S/C16H22FN3O/c1-11(2)14-9-16(7-8-21-14)10-19-15(18)20(16)13-5-3-12(17)4-6-13/h3-6,11,14H,7-10H2,1-2H3,(H2,18,19). The topological polar surface area (TPSA) is 50.9 Å². The number of rotatable bonds is 2. The third-order valence-electron chi connectivity index (χ3n) is 4.55. The molecule has 2 unspecified atom stereocenters. The summed E-state index contributed by atoms with van der Waals surface area (Å²) in [7, 11) is 0. The van der Waals surface area contributed by atoms with Gasteiger partial charge in [-0.25, -0.2) is 4.39 Å². The number of halogens is 1. The lowest BCUT2D eigenvalue weighted by Crippen LogP contribution is -2.57. The summed E-state index contributed by atoms with van der Waals surface area (Å²) in [6.07, 6.45) is 1.99. The van der Waals surface area contributed by atoms with Crippen LogP contribution in [0.4, 0.5) is 10.1 Å². The molecule has 0 radical (unpaired) electrons. The first-order valence-corrected chi connectivity index (χ1v) is 7.49. The van der Waals surface area contributed by atoms with Gasteiger partial charge < -0.3 is 15.4 Å². The van der Waals surface area contributed by atoms with Crippen LogP contribution in [0.2, 0.25) is 0 Å². The minimum Gasteiger partial charge on any atom is -0.378 e. The zero-order valence-corrected chi connectivity index (χ0v) is 12.6. The van der Waals surface area contributed by atoms with Crippen LogP contribution in [0.15, 0.2) is 29.3 Å². The van der Waals surface area contributed by atoms with Gasteiger partial charge in [-0.1, -0.05) is 13.8 Å². The first kappa shape index (κ1) is 14.3. The van der Waals surface area contributed by atoms with E-state index in [9.17, 15) is 4.39 Å². The molecule has 1 aromatic carbocycles. The van der Waals surface area contributed by atoms with Gasteiger partial charge in [0.25, 0.3) is 0 Å². The molecule has 0 aliphatic carbocycles. The molecule has 2 N–H and O–H groups in total. The van der Waals surface area contributed by atoms with E-state index in [0.717, 1.165) is 18.5 Å². The van der Waals surface area contributed by atoms with Crippen LogP contribution in [0, 0.1) is 11.7 Å². The second-order valence-corrected chi connectivity index (χ2v) is 6.32. The fourth-order valence-corrected chi connectivity index (χ4v) is 3.32. The molecule has 4 nitrogen and oxygen atoms in total. The van der Waals surface area contributed by atoms with Crippen molar-refractivity contribution in [3.63, 3.8) is 0 Å². The molecule has 2 heterocycles. The Balaban J connectivity index is 1.92. The van der Waals surface area contributed by atoms with Gasteiger partial charge in [0.1, 0.15) is 5.82 Å². The summed E-state index contributed by atoms with van der Waals surface area (Å²) in [6, 6.07) is 6.47. The Morgan fingerprint density at radius 3 is 2.76 bits per heavy atom. The van der Waals surface area contributed by atoms with Gasteiger partial charge in [-0.15, -0.1) is 0 Å². The molecule has 0 saturated carbocycles. The number of anilines is 1. The minimum atomic E-state index is -0.241. The zero-order valence-electron chi connectivity index (χ0n) is 12.6. The van der Waals surface area contributed by atoms with Crippen LogP contribution in [0.25, 0.3) is 0 Å². The maximum absolute atomic E-state index is 13.2. The van der Waals surface area contributed by atoms with Gasteiger partial charge in [0.15, 0.2) is 5.96 Å². The Morgan fingerprint density at radius 2 is 2.10 bits per heavy atom. The van der Waals surface area contributed by atoms with Crippen LogP contribution in [0.5, 0.6) is 0 Å². The second-order valence-electron chi connectivity index (χ2n) is 6.32. The van der Waals surface area contributed by atoms with Crippen LogP contribution < -0.4 is 10.6 Å². The smallest absolute Gasteiger partial charge is 0.196 e. The van der Waals surface area contributed by atoms with E-state index in [2.05, 4.69) is 23.7 Å². The molecule has 2 atom stereocenters. The zero-order chi connectivity index (χ0) is 15.0. The van der Waals surface area contributed by atoms with E-state index in [1.165, 1.54) is 12.1 Å². The van der Waals surface area contributed by atoms with Crippen molar-refractivity contribution in [3.05, 3.63) is 30.1 Å². The molecule has 1 aromatic rings. The van der Waals surface area contributed by atoms with Crippen LogP contribution >= 0.6 is 0 Å². The molecular formula is C16H22FN3O. The average Bonchev–Trinajstić information content (AvgIpc) is 2.77. The number of aliphatic imine (C=N–C) groups is 1. The second kappa shape index (κ2) is 5.30. The van der Waals surface area contributed by atoms with Gasteiger partial charge in [-0.2, -0.15) is 0 Å². The lowest BCUT2D eigenvalue weighted by atomic mass is 9.82. The fraction of sp³-hybridized carbons (Fsp3) is 0.562. The van der Waals surface area contributed by atoms with Crippen LogP contribution in [-0.2, 0) is 4.74 Å². The summed E-state index contributed by atoms with van der Waals surface area (Å²) in [5.41, 5.74) is 6.89. The number of nitrogens with zero attached hydrogens (tertiary/aromatic N) is 2. The van der Waals surface area contributed by atoms with Crippen molar-refractivity contribution in [1.29, 1.82) is 0 Å². The van der Waals surface area contributed by atoms with Crippen molar-refractivity contribution in [1.82, 2.24) is 0 Å². The van der Waals surface area contributed by atoms with E-state index in [0.29, 0.717) is 25.0 Å². The maximum atomic E-state index is 13.2. The lowest BCUT2D eigenvalue weighted by Gasteiger charge is -2.45. The SMILES string of the molecule is CC(C)C1CC2(CCO1)CN=C(N)N2c1ccc(F)cc1. The highest BCUT2D eigenvalue weighted by Crippen LogP contribution is 2.39. The predicted molar refractivity (Wildman–Crippen MR) is 81.9 cm³/mol. The van der Waals surface area contributed by atoms with Crippen LogP contribution in [0.3, 0.4) is 0 Å². The number of nitrogens with two attached hydrogens (primary N) is 1. The lowest BCUT2D eigenvalue weighted by molar-refractivity contribution is -0.0380. The minimum absolute atomic E-state index is 0.130. The number of benzene rings is 1. The third kappa shape index (κ3) is 2.50. The fourth-order valence-electron chi connectivity index (χ4n) is 3.32. The van der Waals surface area contributed by atoms with Gasteiger partial charge in [-0.3, -0.25) is 4.99 Å². The van der Waals surface area contributed by atoms with E-state index in [4.69, 9.17) is 10.5 Å². The molecule has 114 valence electrons. The van der Waals surface area contributed by atoms with Crippen LogP contribution in [0.1, 0.15) is 26.7 Å². The number of hydrogen-bond donors (Lipinski definition) is 1. The van der Waals surface area contributed by atoms with Gasteiger partial charge in [0.2, 0.25) is 0 Å². The third-order valence-corrected chi connectivity index (χ3v) is 4.55. The number of ether oxygens (including phenoxy) is 1. The molecule has 5 heteroatoms. The van der Waals surface area contributed by atoms with E-state index in [1.54, 1.807) is 12.1 Å². The maximum Gasteiger partial charge on any atom is 0.196 e. The summed E-state index contributed by atoms with van der Waals surface area (Å²) in [5, 5.41) is 0. The van der Waals surface area contributed by atoms with Gasteiger partial charge in [-0.05, 0) is 43.0 Å². The molecule has 0 bridgehead atoms. The molecule has 3 rings (SSSR count). The van der Waals surface area contributed by atoms with Crippen molar-refractivity contribution in [2.75, 3.05) is 18.1 Å². The number of hydrogen-bond acceptors (Lipinski definition) is 4. The van der Waals surface area contributed by atoms with Gasteiger partial charge in [0, 0.05) is 12.3 Å². The molecule has 0 aromatic heterocycles. The molecule has 2 aliphatic heterocycles. The van der Waals surface area contributed by atoms with Gasteiger partial charge in [0.05, 0.1) is 18.2 Å². The highest BCUT2D eigenvalue weighted by Gasteiger charge is 2.47. The highest BCUT2D eigenvalue weighted by atomic mass is 19.1. The Kier molecular flexibility index (Phi) is 3.61. The molecular weight excluding hydrogens is 269 g/mol. The largest absolute Gasteiger partial charge is 0.378 e. The quantitative estimate of drug-likeness (QED) is 0.911. The van der Waals surface area contributed by atoms with E-state index < -0.39 is 0 Å². The molecule has 0 amide bonds. The van der Waals surface area contributed by atoms with Crippen LogP contribution in [-0.4, -0.2) is 30.8 Å². The average molecular weight is 291 g/mol. The Morgan fingerprint density at radius 1 is 1.38 bits per heavy atom. The Labute approximate surface area is 124 Å². The summed E-state index contributed by atoms with van der Waals surface area (Å²) < 4.78 is 19.1. The molecule has 1 saturated heterocycles. The summed E-state index contributed by atoms with van der Waals surface area (Å²) in [6.45, 7) is 5.74.